The van der Waals surface area contributed by atoms with Crippen molar-refractivity contribution < 1.29 is 8.42 Å². The lowest BCUT2D eigenvalue weighted by atomic mass is 10.2. The molecule has 1 aliphatic rings. The second-order valence-corrected chi connectivity index (χ2v) is 6.51. The summed E-state index contributed by atoms with van der Waals surface area (Å²) in [6, 6.07) is 1.70. The van der Waals surface area contributed by atoms with Gasteiger partial charge in [0, 0.05) is 30.3 Å². The first kappa shape index (κ1) is 13.6. The number of nitrogens with two attached hydrogens (primary N) is 1. The molecule has 0 aliphatic carbocycles. The number of nitrogen functional groups attached to an aromatic ring is 1. The molecule has 0 aromatic carbocycles. The molecular weight excluding hydrogens is 294 g/mol. The van der Waals surface area contributed by atoms with Gasteiger partial charge in [0.25, 0.3) is 0 Å². The van der Waals surface area contributed by atoms with Gasteiger partial charge in [-0.2, -0.15) is 0 Å². The third-order valence-electron chi connectivity index (χ3n) is 2.92. The summed E-state index contributed by atoms with van der Waals surface area (Å²) in [5.41, 5.74) is 6.46. The van der Waals surface area contributed by atoms with Crippen LogP contribution in [0.3, 0.4) is 0 Å². The highest BCUT2D eigenvalue weighted by Gasteiger charge is 2.21. The highest BCUT2D eigenvalue weighted by atomic mass is 32.2. The zero-order valence-corrected chi connectivity index (χ0v) is 12.0. The van der Waals surface area contributed by atoms with Crippen LogP contribution >= 0.6 is 0 Å². The van der Waals surface area contributed by atoms with Crippen LogP contribution in [0.5, 0.6) is 0 Å². The third kappa shape index (κ3) is 2.76. The first-order valence-electron chi connectivity index (χ1n) is 6.06. The number of anilines is 2. The van der Waals surface area contributed by atoms with Crippen molar-refractivity contribution >= 4 is 21.6 Å². The van der Waals surface area contributed by atoms with Crippen molar-refractivity contribution in [3.8, 4) is 11.3 Å². The molecule has 3 heterocycles. The molecule has 10 heteroatoms. The van der Waals surface area contributed by atoms with E-state index in [1.54, 1.807) is 6.07 Å². The van der Waals surface area contributed by atoms with Gasteiger partial charge in [0.2, 0.25) is 20.9 Å². The Morgan fingerprint density at radius 1 is 1.24 bits per heavy atom. The molecule has 1 fully saturated rings. The summed E-state index contributed by atoms with van der Waals surface area (Å²) in [6.07, 6.45) is 4.06. The van der Waals surface area contributed by atoms with Gasteiger partial charge in [-0.25, -0.2) is 28.4 Å². The number of hydrogen-bond donors (Lipinski definition) is 2. The van der Waals surface area contributed by atoms with E-state index in [1.165, 1.54) is 12.4 Å². The summed E-state index contributed by atoms with van der Waals surface area (Å²) in [5, 5.41) is 2.84. The Bertz CT molecular complexity index is 772. The van der Waals surface area contributed by atoms with E-state index >= 15 is 0 Å². The van der Waals surface area contributed by atoms with Crippen molar-refractivity contribution in [3.63, 3.8) is 0 Å². The Morgan fingerprint density at radius 2 is 1.90 bits per heavy atom. The van der Waals surface area contributed by atoms with Crippen LogP contribution in [0.2, 0.25) is 0 Å². The normalized spacial score (nSPS) is 14.8. The second-order valence-electron chi connectivity index (χ2n) is 4.60. The summed E-state index contributed by atoms with van der Waals surface area (Å²) in [5.74, 6) is 0.680. The predicted molar refractivity (Wildman–Crippen MR) is 75.9 cm³/mol. The van der Waals surface area contributed by atoms with Gasteiger partial charge in [-0.3, -0.25) is 5.32 Å². The van der Waals surface area contributed by atoms with Crippen LogP contribution in [-0.4, -0.2) is 47.9 Å². The quantitative estimate of drug-likeness (QED) is 0.703. The van der Waals surface area contributed by atoms with Gasteiger partial charge in [0.05, 0.1) is 19.0 Å². The molecule has 2 aromatic heterocycles. The van der Waals surface area contributed by atoms with Gasteiger partial charge >= 0.3 is 0 Å². The lowest BCUT2D eigenvalue weighted by Crippen LogP contribution is -2.52. The first-order chi connectivity index (χ1) is 9.93. The van der Waals surface area contributed by atoms with Crippen molar-refractivity contribution in [2.75, 3.05) is 30.2 Å². The fourth-order valence-electron chi connectivity index (χ4n) is 1.74. The predicted octanol–water partition coefficient (Wildman–Crippen LogP) is -0.756. The molecule has 0 bridgehead atoms. The molecule has 0 radical (unpaired) electrons. The summed E-state index contributed by atoms with van der Waals surface area (Å²) in [4.78, 5) is 17.8. The Hall–Kier alpha value is -2.33. The van der Waals surface area contributed by atoms with E-state index in [-0.39, 0.29) is 11.1 Å². The number of nitrogens with zero attached hydrogens (tertiary/aromatic N) is 5. The molecule has 0 spiro atoms. The van der Waals surface area contributed by atoms with E-state index in [0.717, 1.165) is 6.26 Å². The Labute approximate surface area is 121 Å². The summed E-state index contributed by atoms with van der Waals surface area (Å²) in [7, 11) is -3.52. The van der Waals surface area contributed by atoms with Crippen LogP contribution in [-0.2, 0) is 9.84 Å². The molecule has 0 unspecified atom stereocenters. The first-order valence-corrected chi connectivity index (χ1v) is 7.95. The third-order valence-corrected chi connectivity index (χ3v) is 3.77. The zero-order chi connectivity index (χ0) is 15.0. The Kier molecular flexibility index (Phi) is 3.18. The molecule has 21 heavy (non-hydrogen) atoms. The fraction of sp³-hybridized carbons (Fsp3) is 0.273. The summed E-state index contributed by atoms with van der Waals surface area (Å²) < 4.78 is 23.5. The minimum atomic E-state index is -3.52. The number of sulfone groups is 1. The van der Waals surface area contributed by atoms with E-state index in [4.69, 9.17) is 5.73 Å². The van der Waals surface area contributed by atoms with Crippen LogP contribution in [0.25, 0.3) is 11.3 Å². The monoisotopic (exact) mass is 307 g/mol. The number of aromatic nitrogens is 4. The Morgan fingerprint density at radius 3 is 2.43 bits per heavy atom. The summed E-state index contributed by atoms with van der Waals surface area (Å²) >= 11 is 0. The van der Waals surface area contributed by atoms with Crippen LogP contribution in [0.4, 0.5) is 11.8 Å². The SMILES string of the molecule is CS(=O)(=O)c1nc(-c2cnc(N)nc2)cc(N2CNC2)n1. The Balaban J connectivity index is 2.12. The molecule has 1 saturated heterocycles. The second kappa shape index (κ2) is 4.90. The fourth-order valence-corrected chi connectivity index (χ4v) is 2.27. The van der Waals surface area contributed by atoms with Gasteiger partial charge in [0.1, 0.15) is 5.82 Å². The molecule has 0 atom stereocenters. The number of rotatable bonds is 3. The van der Waals surface area contributed by atoms with E-state index in [1.807, 2.05) is 4.90 Å². The molecular formula is C11H13N7O2S. The maximum absolute atomic E-state index is 11.7. The van der Waals surface area contributed by atoms with E-state index in [0.29, 0.717) is 30.4 Å². The van der Waals surface area contributed by atoms with Crippen LogP contribution in [0, 0.1) is 0 Å². The lowest BCUT2D eigenvalue weighted by molar-refractivity contribution is 0.515. The smallest absolute Gasteiger partial charge is 0.249 e. The largest absolute Gasteiger partial charge is 0.368 e. The van der Waals surface area contributed by atoms with Crippen LogP contribution in [0.15, 0.2) is 23.6 Å². The molecule has 3 N–H and O–H groups in total. The van der Waals surface area contributed by atoms with Crippen molar-refractivity contribution in [1.29, 1.82) is 0 Å². The van der Waals surface area contributed by atoms with Gasteiger partial charge in [-0.05, 0) is 0 Å². The minimum Gasteiger partial charge on any atom is -0.368 e. The van der Waals surface area contributed by atoms with Gasteiger partial charge in [-0.15, -0.1) is 0 Å². The van der Waals surface area contributed by atoms with Gasteiger partial charge in [-0.1, -0.05) is 0 Å². The average molecular weight is 307 g/mol. The van der Waals surface area contributed by atoms with Crippen molar-refractivity contribution in [2.45, 2.75) is 5.16 Å². The zero-order valence-electron chi connectivity index (χ0n) is 11.2. The highest BCUT2D eigenvalue weighted by molar-refractivity contribution is 7.90. The number of hydrogen-bond acceptors (Lipinski definition) is 9. The molecule has 9 nitrogen and oxygen atoms in total. The molecule has 2 aromatic rings. The van der Waals surface area contributed by atoms with Crippen molar-refractivity contribution in [1.82, 2.24) is 25.3 Å². The van der Waals surface area contributed by atoms with Gasteiger partial charge < -0.3 is 10.6 Å². The summed E-state index contributed by atoms with van der Waals surface area (Å²) in [6.45, 7) is 1.22. The molecule has 3 rings (SSSR count). The minimum absolute atomic E-state index is 0.142. The highest BCUT2D eigenvalue weighted by Crippen LogP contribution is 2.23. The van der Waals surface area contributed by atoms with Crippen LogP contribution in [0.1, 0.15) is 0 Å². The maximum Gasteiger partial charge on any atom is 0.249 e. The van der Waals surface area contributed by atoms with Crippen molar-refractivity contribution in [2.24, 2.45) is 0 Å². The van der Waals surface area contributed by atoms with E-state index in [2.05, 4.69) is 25.3 Å². The van der Waals surface area contributed by atoms with Crippen molar-refractivity contribution in [3.05, 3.63) is 18.5 Å². The maximum atomic E-state index is 11.7. The standard InChI is InChI=1S/C11H13N7O2S/c1-21(19,20)11-16-8(7-3-14-10(12)15-4-7)2-9(17-11)18-5-13-6-18/h2-4,13H,5-6H2,1H3,(H2,12,14,15). The average Bonchev–Trinajstić information content (AvgIpc) is 2.36. The van der Waals surface area contributed by atoms with Gasteiger partial charge in [0.15, 0.2) is 0 Å². The molecule has 1 aliphatic heterocycles. The topological polar surface area (TPSA) is 127 Å². The van der Waals surface area contributed by atoms with E-state index in [9.17, 15) is 8.42 Å². The molecule has 110 valence electrons. The van der Waals surface area contributed by atoms with Crippen LogP contribution < -0.4 is 16.0 Å². The lowest BCUT2D eigenvalue weighted by Gasteiger charge is -2.33. The molecule has 0 amide bonds. The van der Waals surface area contributed by atoms with E-state index < -0.39 is 9.84 Å². The molecule has 0 saturated carbocycles. The number of nitrogens with one attached hydrogen (secondary N) is 1.